The summed E-state index contributed by atoms with van der Waals surface area (Å²) in [6, 6.07) is 5.62. The largest absolute Gasteiger partial charge is 0.405 e. The monoisotopic (exact) mass is 259 g/mol. The van der Waals surface area contributed by atoms with Crippen LogP contribution in [-0.2, 0) is 5.41 Å². The molecule has 0 saturated carbocycles. The summed E-state index contributed by atoms with van der Waals surface area (Å²) in [7, 11) is 1.46. The summed E-state index contributed by atoms with van der Waals surface area (Å²) >= 11 is 0. The van der Waals surface area contributed by atoms with E-state index in [1.807, 2.05) is 19.1 Å². The van der Waals surface area contributed by atoms with E-state index in [1.165, 1.54) is 11.9 Å². The molecule has 0 N–H and O–H groups in total. The van der Waals surface area contributed by atoms with Crippen molar-refractivity contribution >= 4 is 5.69 Å². The first-order valence-corrected chi connectivity index (χ1v) is 5.90. The number of hydrogen-bond acceptors (Lipinski definition) is 1. The fraction of sp³-hybridized carbons (Fsp3) is 0.571. The highest BCUT2D eigenvalue weighted by atomic mass is 19.4. The minimum absolute atomic E-state index is 0.00584. The third-order valence-corrected chi connectivity index (χ3v) is 2.89. The van der Waals surface area contributed by atoms with Crippen LogP contribution in [0.3, 0.4) is 0 Å². The Morgan fingerprint density at radius 2 is 1.67 bits per heavy atom. The maximum Gasteiger partial charge on any atom is 0.405 e. The maximum absolute atomic E-state index is 12.4. The molecule has 0 amide bonds. The van der Waals surface area contributed by atoms with Gasteiger partial charge in [0.15, 0.2) is 0 Å². The summed E-state index contributed by atoms with van der Waals surface area (Å²) < 4.78 is 37.1. The van der Waals surface area contributed by atoms with Crippen LogP contribution in [0.4, 0.5) is 18.9 Å². The van der Waals surface area contributed by atoms with Gasteiger partial charge in [-0.1, -0.05) is 32.9 Å². The SMILES string of the molecule is Cc1cc(C(C)(C)C)ccc1N(C)CC(F)(F)F. The van der Waals surface area contributed by atoms with E-state index in [9.17, 15) is 13.2 Å². The lowest BCUT2D eigenvalue weighted by atomic mass is 9.86. The zero-order valence-corrected chi connectivity index (χ0v) is 11.5. The standard InChI is InChI=1S/C14H20F3N/c1-10-8-11(13(2,3)4)6-7-12(10)18(5)9-14(15,16)17/h6-8H,9H2,1-5H3. The minimum atomic E-state index is -4.18. The van der Waals surface area contributed by atoms with Crippen LogP contribution in [0.1, 0.15) is 31.9 Å². The van der Waals surface area contributed by atoms with Crippen LogP contribution in [0.15, 0.2) is 18.2 Å². The molecule has 0 aromatic heterocycles. The Balaban J connectivity index is 2.99. The van der Waals surface area contributed by atoms with Gasteiger partial charge in [0.2, 0.25) is 0 Å². The van der Waals surface area contributed by atoms with Crippen LogP contribution in [0.25, 0.3) is 0 Å². The van der Waals surface area contributed by atoms with Gasteiger partial charge >= 0.3 is 6.18 Å². The second kappa shape index (κ2) is 4.82. The van der Waals surface area contributed by atoms with Crippen molar-refractivity contribution in [2.24, 2.45) is 0 Å². The second-order valence-corrected chi connectivity index (χ2v) is 5.72. The molecule has 4 heteroatoms. The quantitative estimate of drug-likeness (QED) is 0.765. The number of alkyl halides is 3. The summed E-state index contributed by atoms with van der Waals surface area (Å²) in [5.74, 6) is 0. The van der Waals surface area contributed by atoms with Gasteiger partial charge in [-0.2, -0.15) is 13.2 Å². The van der Waals surface area contributed by atoms with Crippen LogP contribution in [0.2, 0.25) is 0 Å². The minimum Gasteiger partial charge on any atom is -0.366 e. The molecule has 0 aliphatic rings. The van der Waals surface area contributed by atoms with E-state index in [1.54, 1.807) is 6.07 Å². The smallest absolute Gasteiger partial charge is 0.366 e. The third kappa shape index (κ3) is 3.93. The molecule has 0 aliphatic carbocycles. The number of nitrogens with zero attached hydrogens (tertiary/aromatic N) is 1. The van der Waals surface area contributed by atoms with Gasteiger partial charge in [-0.3, -0.25) is 0 Å². The molecular formula is C14H20F3N. The zero-order valence-electron chi connectivity index (χ0n) is 11.5. The van der Waals surface area contributed by atoms with E-state index in [0.717, 1.165) is 11.1 Å². The number of hydrogen-bond donors (Lipinski definition) is 0. The van der Waals surface area contributed by atoms with Gasteiger partial charge in [-0.15, -0.1) is 0 Å². The van der Waals surface area contributed by atoms with E-state index in [-0.39, 0.29) is 5.41 Å². The average Bonchev–Trinajstić information content (AvgIpc) is 2.12. The molecule has 0 atom stereocenters. The molecule has 0 radical (unpaired) electrons. The van der Waals surface area contributed by atoms with Gasteiger partial charge < -0.3 is 4.90 Å². The van der Waals surface area contributed by atoms with E-state index < -0.39 is 12.7 Å². The fourth-order valence-corrected chi connectivity index (χ4v) is 1.90. The first-order valence-electron chi connectivity index (χ1n) is 5.90. The van der Waals surface area contributed by atoms with Gasteiger partial charge in [0.05, 0.1) is 0 Å². The number of rotatable bonds is 2. The number of benzene rings is 1. The highest BCUT2D eigenvalue weighted by molar-refractivity contribution is 5.54. The van der Waals surface area contributed by atoms with Crippen LogP contribution >= 0.6 is 0 Å². The Kier molecular flexibility index (Phi) is 3.99. The van der Waals surface area contributed by atoms with Crippen LogP contribution < -0.4 is 4.90 Å². The normalized spacial score (nSPS) is 12.7. The summed E-state index contributed by atoms with van der Waals surface area (Å²) in [6.45, 7) is 7.17. The van der Waals surface area contributed by atoms with Crippen molar-refractivity contribution in [1.82, 2.24) is 0 Å². The Labute approximate surface area is 107 Å². The van der Waals surface area contributed by atoms with Crippen molar-refractivity contribution in [1.29, 1.82) is 0 Å². The lowest BCUT2D eigenvalue weighted by Gasteiger charge is -2.25. The fourth-order valence-electron chi connectivity index (χ4n) is 1.90. The lowest BCUT2D eigenvalue weighted by Crippen LogP contribution is -2.31. The number of halogens is 3. The van der Waals surface area contributed by atoms with Crippen molar-refractivity contribution in [2.75, 3.05) is 18.5 Å². The summed E-state index contributed by atoms with van der Waals surface area (Å²) in [5, 5.41) is 0. The molecule has 18 heavy (non-hydrogen) atoms. The predicted molar refractivity (Wildman–Crippen MR) is 69.2 cm³/mol. The van der Waals surface area contributed by atoms with Gasteiger partial charge in [0, 0.05) is 12.7 Å². The molecular weight excluding hydrogens is 239 g/mol. The van der Waals surface area contributed by atoms with E-state index in [0.29, 0.717) is 5.69 Å². The van der Waals surface area contributed by atoms with Crippen LogP contribution in [-0.4, -0.2) is 19.8 Å². The molecule has 1 rings (SSSR count). The predicted octanol–water partition coefficient (Wildman–Crippen LogP) is 4.29. The average molecular weight is 259 g/mol. The highest BCUT2D eigenvalue weighted by Gasteiger charge is 2.30. The summed E-state index contributed by atoms with van der Waals surface area (Å²) in [5.41, 5.74) is 2.63. The van der Waals surface area contributed by atoms with E-state index in [2.05, 4.69) is 20.8 Å². The van der Waals surface area contributed by atoms with Crippen molar-refractivity contribution in [2.45, 2.75) is 39.3 Å². The molecule has 0 heterocycles. The second-order valence-electron chi connectivity index (χ2n) is 5.72. The lowest BCUT2D eigenvalue weighted by molar-refractivity contribution is -0.119. The van der Waals surface area contributed by atoms with Gasteiger partial charge in [0.25, 0.3) is 0 Å². The van der Waals surface area contributed by atoms with Crippen molar-refractivity contribution < 1.29 is 13.2 Å². The van der Waals surface area contributed by atoms with Crippen LogP contribution in [0.5, 0.6) is 0 Å². The van der Waals surface area contributed by atoms with E-state index >= 15 is 0 Å². The molecule has 0 aliphatic heterocycles. The molecule has 1 nitrogen and oxygen atoms in total. The van der Waals surface area contributed by atoms with Gasteiger partial charge in [0.1, 0.15) is 6.54 Å². The first-order chi connectivity index (χ1) is 8.00. The number of aryl methyl sites for hydroxylation is 1. The van der Waals surface area contributed by atoms with Crippen molar-refractivity contribution in [3.8, 4) is 0 Å². The maximum atomic E-state index is 12.4. The van der Waals surface area contributed by atoms with Crippen molar-refractivity contribution in [3.63, 3.8) is 0 Å². The topological polar surface area (TPSA) is 3.24 Å². The summed E-state index contributed by atoms with van der Waals surface area (Å²) in [6.07, 6.45) is -4.18. The Morgan fingerprint density at radius 1 is 1.11 bits per heavy atom. The molecule has 102 valence electrons. The molecule has 0 bridgehead atoms. The third-order valence-electron chi connectivity index (χ3n) is 2.89. The van der Waals surface area contributed by atoms with Gasteiger partial charge in [-0.05, 0) is 29.5 Å². The molecule has 1 aromatic rings. The highest BCUT2D eigenvalue weighted by Crippen LogP contribution is 2.29. The Morgan fingerprint density at radius 3 is 2.06 bits per heavy atom. The zero-order chi connectivity index (χ0) is 14.1. The van der Waals surface area contributed by atoms with Crippen LogP contribution in [0, 0.1) is 6.92 Å². The number of anilines is 1. The Bertz CT molecular complexity index is 416. The van der Waals surface area contributed by atoms with E-state index in [4.69, 9.17) is 0 Å². The molecule has 1 aromatic carbocycles. The molecule has 0 saturated heterocycles. The van der Waals surface area contributed by atoms with Crippen molar-refractivity contribution in [3.05, 3.63) is 29.3 Å². The summed E-state index contributed by atoms with van der Waals surface area (Å²) in [4.78, 5) is 1.24. The molecule has 0 unspecified atom stereocenters. The Hall–Kier alpha value is -1.19. The molecule has 0 spiro atoms. The first kappa shape index (κ1) is 14.9. The molecule has 0 fully saturated rings. The van der Waals surface area contributed by atoms with Gasteiger partial charge in [-0.25, -0.2) is 0 Å².